The Balaban J connectivity index is 2.00. The van der Waals surface area contributed by atoms with Crippen LogP contribution in [-0.4, -0.2) is 19.9 Å². The molecule has 0 spiro atoms. The molecule has 0 atom stereocenters. The van der Waals surface area contributed by atoms with Crippen molar-refractivity contribution in [2.24, 2.45) is 0 Å². The number of nitrogens with one attached hydrogen (secondary N) is 3. The topological polar surface area (TPSA) is 86.5 Å². The molecular formula is C12H9Cl2N5O. The summed E-state index contributed by atoms with van der Waals surface area (Å²) in [6.45, 7) is 1.73. The van der Waals surface area contributed by atoms with E-state index in [4.69, 9.17) is 23.2 Å². The van der Waals surface area contributed by atoms with Gasteiger partial charge in [0.1, 0.15) is 0 Å². The van der Waals surface area contributed by atoms with Crippen LogP contribution in [0.25, 0.3) is 11.0 Å². The summed E-state index contributed by atoms with van der Waals surface area (Å²) >= 11 is 11.9. The summed E-state index contributed by atoms with van der Waals surface area (Å²) in [4.78, 5) is 25.4. The zero-order valence-electron chi connectivity index (χ0n) is 10.3. The molecule has 0 aliphatic rings. The summed E-state index contributed by atoms with van der Waals surface area (Å²) < 4.78 is 0. The first-order valence-corrected chi connectivity index (χ1v) is 6.46. The normalized spacial score (nSPS) is 10.9. The summed E-state index contributed by atoms with van der Waals surface area (Å²) in [5, 5.41) is 3.77. The van der Waals surface area contributed by atoms with E-state index in [1.807, 2.05) is 0 Å². The fourth-order valence-electron chi connectivity index (χ4n) is 1.81. The van der Waals surface area contributed by atoms with Gasteiger partial charge in [0.2, 0.25) is 11.9 Å². The lowest BCUT2D eigenvalue weighted by Crippen LogP contribution is -2.10. The van der Waals surface area contributed by atoms with Crippen molar-refractivity contribution in [3.05, 3.63) is 44.3 Å². The lowest BCUT2D eigenvalue weighted by Gasteiger charge is -2.01. The fraction of sp³-hybridized carbons (Fsp3) is 0.0833. The number of imidazole rings is 1. The monoisotopic (exact) mass is 309 g/mol. The lowest BCUT2D eigenvalue weighted by molar-refractivity contribution is 1.06. The molecule has 3 aromatic rings. The summed E-state index contributed by atoms with van der Waals surface area (Å²) in [5.41, 5.74) is 1.77. The predicted octanol–water partition coefficient (Wildman–Crippen LogP) is 3.01. The maximum absolute atomic E-state index is 11.4. The van der Waals surface area contributed by atoms with Gasteiger partial charge in [-0.05, 0) is 19.1 Å². The highest BCUT2D eigenvalue weighted by atomic mass is 35.5. The van der Waals surface area contributed by atoms with Gasteiger partial charge in [0.05, 0.1) is 21.1 Å². The van der Waals surface area contributed by atoms with E-state index in [0.29, 0.717) is 33.2 Å². The first-order valence-electron chi connectivity index (χ1n) is 5.71. The Hall–Kier alpha value is -2.05. The van der Waals surface area contributed by atoms with Crippen LogP contribution in [0.5, 0.6) is 0 Å². The Morgan fingerprint density at radius 3 is 2.50 bits per heavy atom. The highest BCUT2D eigenvalue weighted by Crippen LogP contribution is 2.27. The number of fused-ring (bicyclic) bond motifs is 1. The molecule has 0 amide bonds. The molecule has 0 saturated carbocycles. The van der Waals surface area contributed by atoms with Crippen LogP contribution in [0.15, 0.2) is 23.0 Å². The van der Waals surface area contributed by atoms with E-state index in [1.54, 1.807) is 19.1 Å². The van der Waals surface area contributed by atoms with Crippen molar-refractivity contribution < 1.29 is 0 Å². The zero-order valence-corrected chi connectivity index (χ0v) is 11.8. The molecule has 0 fully saturated rings. The molecule has 8 heteroatoms. The number of aryl methyl sites for hydroxylation is 1. The Labute approximate surface area is 123 Å². The second-order valence-corrected chi connectivity index (χ2v) is 5.04. The average Bonchev–Trinajstić information content (AvgIpc) is 2.69. The lowest BCUT2D eigenvalue weighted by atomic mass is 10.3. The second kappa shape index (κ2) is 4.81. The van der Waals surface area contributed by atoms with Crippen LogP contribution in [0.1, 0.15) is 5.69 Å². The Morgan fingerprint density at radius 1 is 1.05 bits per heavy atom. The SMILES string of the molecule is Cc1cc(=O)[nH]c(Nc2nc3cc(Cl)c(Cl)cc3[nH]2)n1. The van der Waals surface area contributed by atoms with Crippen molar-refractivity contribution in [1.82, 2.24) is 19.9 Å². The van der Waals surface area contributed by atoms with Crippen molar-refractivity contribution in [2.75, 3.05) is 5.32 Å². The third-order valence-corrected chi connectivity index (χ3v) is 3.35. The number of halogens is 2. The van der Waals surface area contributed by atoms with E-state index in [2.05, 4.69) is 25.3 Å². The van der Waals surface area contributed by atoms with Crippen LogP contribution in [0.4, 0.5) is 11.9 Å². The van der Waals surface area contributed by atoms with E-state index in [1.165, 1.54) is 6.07 Å². The highest BCUT2D eigenvalue weighted by molar-refractivity contribution is 6.42. The van der Waals surface area contributed by atoms with Gasteiger partial charge in [-0.15, -0.1) is 0 Å². The van der Waals surface area contributed by atoms with Crippen LogP contribution < -0.4 is 10.9 Å². The number of nitrogens with zero attached hydrogens (tertiary/aromatic N) is 2. The number of hydrogen-bond donors (Lipinski definition) is 3. The standard InChI is InChI=1S/C12H9Cl2N5O/c1-5-2-10(20)18-11(15-5)19-12-16-8-3-6(13)7(14)4-9(8)17-12/h2-4H,1H3,(H3,15,16,17,18,19,20). The van der Waals surface area contributed by atoms with Crippen LogP contribution in [0.2, 0.25) is 10.0 Å². The Kier molecular flexibility index (Phi) is 3.11. The Bertz CT molecular complexity index is 816. The molecule has 3 N–H and O–H groups in total. The molecule has 20 heavy (non-hydrogen) atoms. The molecule has 0 radical (unpaired) electrons. The molecule has 0 aliphatic carbocycles. The minimum Gasteiger partial charge on any atom is -0.324 e. The third-order valence-electron chi connectivity index (χ3n) is 2.63. The molecule has 0 unspecified atom stereocenters. The van der Waals surface area contributed by atoms with E-state index in [0.717, 1.165) is 5.52 Å². The number of H-pyrrole nitrogens is 2. The van der Waals surface area contributed by atoms with E-state index >= 15 is 0 Å². The number of rotatable bonds is 2. The molecule has 6 nitrogen and oxygen atoms in total. The molecule has 0 aliphatic heterocycles. The van der Waals surface area contributed by atoms with Crippen LogP contribution in [0.3, 0.4) is 0 Å². The minimum atomic E-state index is -0.234. The third kappa shape index (κ3) is 2.48. The van der Waals surface area contributed by atoms with Crippen molar-refractivity contribution >= 4 is 46.1 Å². The van der Waals surface area contributed by atoms with Crippen molar-refractivity contribution in [3.8, 4) is 0 Å². The molecular weight excluding hydrogens is 301 g/mol. The molecule has 102 valence electrons. The first-order chi connectivity index (χ1) is 9.51. The molecule has 1 aromatic carbocycles. The van der Waals surface area contributed by atoms with Gasteiger partial charge in [0.15, 0.2) is 0 Å². The van der Waals surface area contributed by atoms with Crippen molar-refractivity contribution in [1.29, 1.82) is 0 Å². The highest BCUT2D eigenvalue weighted by Gasteiger charge is 2.07. The molecule has 2 heterocycles. The minimum absolute atomic E-state index is 0.234. The summed E-state index contributed by atoms with van der Waals surface area (Å²) in [7, 11) is 0. The van der Waals surface area contributed by atoms with Crippen LogP contribution in [-0.2, 0) is 0 Å². The van der Waals surface area contributed by atoms with Gasteiger partial charge in [0.25, 0.3) is 5.56 Å². The van der Waals surface area contributed by atoms with Gasteiger partial charge in [-0.3, -0.25) is 15.1 Å². The smallest absolute Gasteiger partial charge is 0.252 e. The number of hydrogen-bond acceptors (Lipinski definition) is 4. The fourth-order valence-corrected chi connectivity index (χ4v) is 2.14. The second-order valence-electron chi connectivity index (χ2n) is 4.23. The quantitative estimate of drug-likeness (QED) is 0.679. The number of anilines is 2. The number of benzene rings is 1. The van der Waals surface area contributed by atoms with E-state index < -0.39 is 0 Å². The average molecular weight is 310 g/mol. The summed E-state index contributed by atoms with van der Waals surface area (Å²) in [6.07, 6.45) is 0. The van der Waals surface area contributed by atoms with Gasteiger partial charge in [-0.2, -0.15) is 0 Å². The van der Waals surface area contributed by atoms with Crippen LogP contribution >= 0.6 is 23.2 Å². The molecule has 2 aromatic heterocycles. The Morgan fingerprint density at radius 2 is 1.75 bits per heavy atom. The molecule has 3 rings (SSSR count). The van der Waals surface area contributed by atoms with E-state index in [9.17, 15) is 4.79 Å². The van der Waals surface area contributed by atoms with E-state index in [-0.39, 0.29) is 5.56 Å². The van der Waals surface area contributed by atoms with Gasteiger partial charge in [-0.25, -0.2) is 9.97 Å². The molecule has 0 bridgehead atoms. The van der Waals surface area contributed by atoms with Crippen molar-refractivity contribution in [2.45, 2.75) is 6.92 Å². The largest absolute Gasteiger partial charge is 0.324 e. The predicted molar refractivity (Wildman–Crippen MR) is 79.0 cm³/mol. The van der Waals surface area contributed by atoms with Gasteiger partial charge < -0.3 is 4.98 Å². The molecule has 0 saturated heterocycles. The van der Waals surface area contributed by atoms with Crippen molar-refractivity contribution in [3.63, 3.8) is 0 Å². The zero-order chi connectivity index (χ0) is 14.3. The van der Waals surface area contributed by atoms with Gasteiger partial charge in [-0.1, -0.05) is 23.2 Å². The van der Waals surface area contributed by atoms with Gasteiger partial charge in [0, 0.05) is 11.8 Å². The summed E-state index contributed by atoms with van der Waals surface area (Å²) in [5.74, 6) is 0.748. The summed E-state index contributed by atoms with van der Waals surface area (Å²) in [6, 6.07) is 4.75. The van der Waals surface area contributed by atoms with Gasteiger partial charge >= 0.3 is 0 Å². The van der Waals surface area contributed by atoms with Crippen LogP contribution in [0, 0.1) is 6.92 Å². The maximum Gasteiger partial charge on any atom is 0.252 e. The number of aromatic amines is 2. The first kappa shape index (κ1) is 13.0. The number of aromatic nitrogens is 4. The maximum atomic E-state index is 11.4.